The monoisotopic (exact) mass is 408 g/mol. The van der Waals surface area contributed by atoms with Crippen molar-refractivity contribution in [2.75, 3.05) is 7.05 Å². The highest BCUT2D eigenvalue weighted by atomic mass is 16.5. The molecule has 0 spiro atoms. The molecule has 1 aromatic carbocycles. The molecular weight excluding hydrogens is 376 g/mol. The first kappa shape index (κ1) is 21.6. The van der Waals surface area contributed by atoms with Crippen LogP contribution in [0.3, 0.4) is 0 Å². The molecule has 0 bridgehead atoms. The van der Waals surface area contributed by atoms with Gasteiger partial charge in [-0.1, -0.05) is 37.2 Å². The number of aryl methyl sites for hydroxylation is 1. The first-order valence-electron chi connectivity index (χ1n) is 10.6. The van der Waals surface area contributed by atoms with Crippen LogP contribution < -0.4 is 10.6 Å². The van der Waals surface area contributed by atoms with Crippen LogP contribution >= 0.6 is 0 Å². The molecule has 0 aliphatic heterocycles. The van der Waals surface area contributed by atoms with Crippen molar-refractivity contribution in [2.45, 2.75) is 59.5 Å². The molecule has 3 rings (SSSR count). The van der Waals surface area contributed by atoms with Gasteiger partial charge >= 0.3 is 0 Å². The molecular formula is C23H32N6O. The Bertz CT molecular complexity index is 969. The SMILES string of the molecule is CCC(CC)c1cc(CNC(=NC)NCc2c(C)nn(-c3ccccc3)c2C)on1. The summed E-state index contributed by atoms with van der Waals surface area (Å²) in [4.78, 5) is 4.32. The van der Waals surface area contributed by atoms with Crippen LogP contribution in [0.1, 0.15) is 61.0 Å². The second-order valence-corrected chi connectivity index (χ2v) is 7.41. The highest BCUT2D eigenvalue weighted by molar-refractivity contribution is 5.79. The molecule has 7 nitrogen and oxygen atoms in total. The van der Waals surface area contributed by atoms with Crippen LogP contribution in [0.2, 0.25) is 0 Å². The fraction of sp³-hybridized carbons (Fsp3) is 0.435. The van der Waals surface area contributed by atoms with Crippen LogP contribution in [0, 0.1) is 13.8 Å². The summed E-state index contributed by atoms with van der Waals surface area (Å²) in [6.45, 7) is 9.65. The van der Waals surface area contributed by atoms with E-state index in [0.717, 1.165) is 46.9 Å². The summed E-state index contributed by atoms with van der Waals surface area (Å²) in [7, 11) is 1.76. The number of hydrogen-bond donors (Lipinski definition) is 2. The number of para-hydroxylation sites is 1. The molecule has 2 aromatic heterocycles. The van der Waals surface area contributed by atoms with E-state index in [0.29, 0.717) is 25.0 Å². The average molecular weight is 409 g/mol. The minimum absolute atomic E-state index is 0.451. The van der Waals surface area contributed by atoms with Crippen molar-refractivity contribution in [2.24, 2.45) is 4.99 Å². The summed E-state index contributed by atoms with van der Waals surface area (Å²) in [5.74, 6) is 1.97. The fourth-order valence-corrected chi connectivity index (χ4v) is 3.63. The number of guanidine groups is 1. The molecule has 2 N–H and O–H groups in total. The molecule has 0 aliphatic carbocycles. The summed E-state index contributed by atoms with van der Waals surface area (Å²) < 4.78 is 7.47. The van der Waals surface area contributed by atoms with Gasteiger partial charge in [-0.2, -0.15) is 5.10 Å². The second kappa shape index (κ2) is 10.1. The first-order chi connectivity index (χ1) is 14.6. The van der Waals surface area contributed by atoms with E-state index in [2.05, 4.69) is 53.7 Å². The molecule has 0 atom stereocenters. The van der Waals surface area contributed by atoms with Crippen LogP contribution in [-0.4, -0.2) is 27.9 Å². The quantitative estimate of drug-likeness (QED) is 0.430. The van der Waals surface area contributed by atoms with Crippen LogP contribution in [0.4, 0.5) is 0 Å². The molecule has 30 heavy (non-hydrogen) atoms. The van der Waals surface area contributed by atoms with Crippen molar-refractivity contribution < 1.29 is 4.52 Å². The highest BCUT2D eigenvalue weighted by Crippen LogP contribution is 2.22. The largest absolute Gasteiger partial charge is 0.359 e. The lowest BCUT2D eigenvalue weighted by Gasteiger charge is -2.11. The summed E-state index contributed by atoms with van der Waals surface area (Å²) in [6, 6.07) is 12.2. The van der Waals surface area contributed by atoms with Crippen LogP contribution in [0.5, 0.6) is 0 Å². The minimum atomic E-state index is 0.451. The van der Waals surface area contributed by atoms with Crippen molar-refractivity contribution in [1.29, 1.82) is 0 Å². The zero-order valence-electron chi connectivity index (χ0n) is 18.6. The van der Waals surface area contributed by atoms with Gasteiger partial charge in [0, 0.05) is 36.8 Å². The zero-order chi connectivity index (χ0) is 21.5. The third-order valence-electron chi connectivity index (χ3n) is 5.51. The maximum absolute atomic E-state index is 5.49. The van der Waals surface area contributed by atoms with Crippen molar-refractivity contribution in [3.63, 3.8) is 0 Å². The molecule has 0 saturated heterocycles. The van der Waals surface area contributed by atoms with Crippen molar-refractivity contribution in [1.82, 2.24) is 25.6 Å². The standard InChI is InChI=1S/C23H32N6O/c1-6-18(7-2)22-13-20(30-28-22)14-25-23(24-5)26-15-21-16(3)27-29(17(21)4)19-11-9-8-10-12-19/h8-13,18H,6-7,14-15H2,1-5H3,(H2,24,25,26). The lowest BCUT2D eigenvalue weighted by atomic mass is 9.99. The van der Waals surface area contributed by atoms with Gasteiger partial charge in [-0.15, -0.1) is 0 Å². The molecule has 2 heterocycles. The maximum atomic E-state index is 5.49. The van der Waals surface area contributed by atoms with Gasteiger partial charge in [0.15, 0.2) is 11.7 Å². The van der Waals surface area contributed by atoms with E-state index in [-0.39, 0.29) is 0 Å². The Morgan fingerprint density at radius 2 is 1.80 bits per heavy atom. The third-order valence-corrected chi connectivity index (χ3v) is 5.51. The Balaban J connectivity index is 1.61. The number of hydrogen-bond acceptors (Lipinski definition) is 4. The molecule has 0 aliphatic rings. The van der Waals surface area contributed by atoms with Crippen LogP contribution in [0.15, 0.2) is 45.9 Å². The molecule has 3 aromatic rings. The summed E-state index contributed by atoms with van der Waals surface area (Å²) in [5.41, 5.74) is 5.37. The van der Waals surface area contributed by atoms with Crippen LogP contribution in [0.25, 0.3) is 5.69 Å². The van der Waals surface area contributed by atoms with Gasteiger partial charge in [0.25, 0.3) is 0 Å². The predicted molar refractivity (Wildman–Crippen MR) is 120 cm³/mol. The summed E-state index contributed by atoms with van der Waals surface area (Å²) in [5, 5.41) is 15.6. The third kappa shape index (κ3) is 4.90. The number of rotatable bonds is 8. The summed E-state index contributed by atoms with van der Waals surface area (Å²) >= 11 is 0. The number of nitrogens with zero attached hydrogens (tertiary/aromatic N) is 4. The van der Waals surface area contributed by atoms with Gasteiger partial charge in [-0.3, -0.25) is 4.99 Å². The molecule has 0 amide bonds. The predicted octanol–water partition coefficient (Wildman–Crippen LogP) is 4.25. The molecule has 0 unspecified atom stereocenters. The lowest BCUT2D eigenvalue weighted by Crippen LogP contribution is -2.36. The lowest BCUT2D eigenvalue weighted by molar-refractivity contribution is 0.368. The van der Waals surface area contributed by atoms with Gasteiger partial charge in [0.2, 0.25) is 0 Å². The van der Waals surface area contributed by atoms with E-state index in [1.54, 1.807) is 7.05 Å². The van der Waals surface area contributed by atoms with E-state index in [4.69, 9.17) is 9.62 Å². The maximum Gasteiger partial charge on any atom is 0.191 e. The Morgan fingerprint density at radius 1 is 1.10 bits per heavy atom. The Morgan fingerprint density at radius 3 is 2.47 bits per heavy atom. The van der Waals surface area contributed by atoms with Crippen molar-refractivity contribution >= 4 is 5.96 Å². The van der Waals surface area contributed by atoms with Gasteiger partial charge in [-0.25, -0.2) is 4.68 Å². The number of nitrogens with one attached hydrogen (secondary N) is 2. The minimum Gasteiger partial charge on any atom is -0.359 e. The Labute approximate surface area is 178 Å². The average Bonchev–Trinajstić information content (AvgIpc) is 3.35. The molecule has 0 saturated carbocycles. The first-order valence-corrected chi connectivity index (χ1v) is 10.6. The fourth-order valence-electron chi connectivity index (χ4n) is 3.63. The van der Waals surface area contributed by atoms with E-state index >= 15 is 0 Å². The Kier molecular flexibility index (Phi) is 7.27. The van der Waals surface area contributed by atoms with Gasteiger partial charge < -0.3 is 15.2 Å². The van der Waals surface area contributed by atoms with Gasteiger partial charge in [0.1, 0.15) is 0 Å². The topological polar surface area (TPSA) is 80.3 Å². The zero-order valence-corrected chi connectivity index (χ0v) is 18.6. The Hall–Kier alpha value is -3.09. The molecule has 7 heteroatoms. The van der Waals surface area contributed by atoms with E-state index in [9.17, 15) is 0 Å². The van der Waals surface area contributed by atoms with Crippen LogP contribution in [-0.2, 0) is 13.1 Å². The number of aliphatic imine (C=N–C) groups is 1. The second-order valence-electron chi connectivity index (χ2n) is 7.41. The normalized spacial score (nSPS) is 11.9. The highest BCUT2D eigenvalue weighted by Gasteiger charge is 2.15. The van der Waals surface area contributed by atoms with E-state index in [1.807, 2.05) is 35.9 Å². The molecule has 160 valence electrons. The van der Waals surface area contributed by atoms with E-state index < -0.39 is 0 Å². The van der Waals surface area contributed by atoms with Gasteiger partial charge in [0.05, 0.1) is 23.6 Å². The number of aromatic nitrogens is 3. The van der Waals surface area contributed by atoms with Crippen molar-refractivity contribution in [3.8, 4) is 5.69 Å². The van der Waals surface area contributed by atoms with E-state index in [1.165, 1.54) is 0 Å². The number of benzene rings is 1. The molecule has 0 radical (unpaired) electrons. The van der Waals surface area contributed by atoms with Gasteiger partial charge in [-0.05, 0) is 38.8 Å². The van der Waals surface area contributed by atoms with Crippen molar-refractivity contribution in [3.05, 3.63) is 64.8 Å². The molecule has 0 fully saturated rings. The smallest absolute Gasteiger partial charge is 0.191 e. The summed E-state index contributed by atoms with van der Waals surface area (Å²) in [6.07, 6.45) is 2.13.